The van der Waals surface area contributed by atoms with Gasteiger partial charge in [-0.05, 0) is 36.8 Å². The van der Waals surface area contributed by atoms with Crippen molar-refractivity contribution in [2.24, 2.45) is 0 Å². The van der Waals surface area contributed by atoms with Gasteiger partial charge in [-0.25, -0.2) is 4.39 Å². The van der Waals surface area contributed by atoms with Crippen molar-refractivity contribution < 1.29 is 4.39 Å². The topological polar surface area (TPSA) is 12.0 Å². The summed E-state index contributed by atoms with van der Waals surface area (Å²) < 4.78 is 13.6. The van der Waals surface area contributed by atoms with Crippen LogP contribution in [0, 0.1) is 5.82 Å². The molecule has 0 spiro atoms. The van der Waals surface area contributed by atoms with E-state index in [4.69, 9.17) is 23.2 Å². The first-order valence-corrected chi connectivity index (χ1v) is 6.74. The highest BCUT2D eigenvalue weighted by Crippen LogP contribution is 2.19. The van der Waals surface area contributed by atoms with E-state index in [0.29, 0.717) is 22.2 Å². The van der Waals surface area contributed by atoms with E-state index >= 15 is 0 Å². The minimum absolute atomic E-state index is 0.0915. The van der Waals surface area contributed by atoms with Crippen molar-refractivity contribution in [2.45, 2.75) is 19.5 Å². The molecule has 0 aliphatic rings. The lowest BCUT2D eigenvalue weighted by atomic mass is 10.1. The van der Waals surface area contributed by atoms with Gasteiger partial charge >= 0.3 is 0 Å². The van der Waals surface area contributed by atoms with Crippen LogP contribution >= 0.6 is 23.2 Å². The molecule has 0 fully saturated rings. The first-order valence-electron chi connectivity index (χ1n) is 5.99. The third kappa shape index (κ3) is 3.93. The molecule has 1 N–H and O–H groups in total. The molecule has 2 rings (SSSR count). The third-order valence-electron chi connectivity index (χ3n) is 2.96. The first-order chi connectivity index (χ1) is 9.06. The summed E-state index contributed by atoms with van der Waals surface area (Å²) in [6, 6.07) is 12.4. The molecule has 2 aromatic rings. The van der Waals surface area contributed by atoms with E-state index in [9.17, 15) is 4.39 Å². The van der Waals surface area contributed by atoms with Crippen LogP contribution in [0.5, 0.6) is 0 Å². The molecular weight excluding hydrogens is 284 g/mol. The molecular formula is C15H14Cl2FN. The van der Waals surface area contributed by atoms with Gasteiger partial charge in [0.15, 0.2) is 0 Å². The molecule has 0 aromatic heterocycles. The van der Waals surface area contributed by atoms with Gasteiger partial charge in [-0.1, -0.05) is 41.4 Å². The zero-order chi connectivity index (χ0) is 13.8. The Morgan fingerprint density at radius 2 is 1.84 bits per heavy atom. The fraction of sp³-hybridized carbons (Fsp3) is 0.200. The van der Waals surface area contributed by atoms with Crippen LogP contribution in [0.2, 0.25) is 10.0 Å². The molecule has 0 heterocycles. The smallest absolute Gasteiger partial charge is 0.129 e. The normalized spacial score (nSPS) is 12.4. The highest BCUT2D eigenvalue weighted by Gasteiger charge is 2.07. The molecule has 0 unspecified atom stereocenters. The van der Waals surface area contributed by atoms with Gasteiger partial charge in [-0.15, -0.1) is 0 Å². The van der Waals surface area contributed by atoms with E-state index < -0.39 is 0 Å². The zero-order valence-electron chi connectivity index (χ0n) is 10.5. The molecule has 2 aromatic carbocycles. The summed E-state index contributed by atoms with van der Waals surface area (Å²) in [7, 11) is 0. The molecule has 100 valence electrons. The Morgan fingerprint density at radius 3 is 2.53 bits per heavy atom. The van der Waals surface area contributed by atoms with Crippen molar-refractivity contribution >= 4 is 23.2 Å². The molecule has 0 aliphatic carbocycles. The van der Waals surface area contributed by atoms with E-state index in [1.165, 1.54) is 6.07 Å². The van der Waals surface area contributed by atoms with Gasteiger partial charge in [0.25, 0.3) is 0 Å². The summed E-state index contributed by atoms with van der Waals surface area (Å²) in [5.74, 6) is -0.293. The largest absolute Gasteiger partial charge is 0.306 e. The van der Waals surface area contributed by atoms with Crippen LogP contribution in [0.4, 0.5) is 4.39 Å². The number of hydrogen-bond acceptors (Lipinski definition) is 1. The Balaban J connectivity index is 2.02. The second-order valence-corrected chi connectivity index (χ2v) is 5.27. The van der Waals surface area contributed by atoms with E-state index in [0.717, 1.165) is 5.56 Å². The van der Waals surface area contributed by atoms with Crippen LogP contribution in [0.25, 0.3) is 0 Å². The number of rotatable bonds is 4. The molecule has 0 radical (unpaired) electrons. The van der Waals surface area contributed by atoms with Crippen LogP contribution < -0.4 is 5.32 Å². The van der Waals surface area contributed by atoms with Crippen molar-refractivity contribution in [1.29, 1.82) is 0 Å². The molecule has 0 saturated heterocycles. The SMILES string of the molecule is C[C@H](NCc1ccc(Cl)cc1F)c1cccc(Cl)c1. The first kappa shape index (κ1) is 14.3. The summed E-state index contributed by atoms with van der Waals surface area (Å²) in [6.45, 7) is 2.45. The summed E-state index contributed by atoms with van der Waals surface area (Å²) in [5.41, 5.74) is 1.67. The van der Waals surface area contributed by atoms with E-state index in [1.807, 2.05) is 31.2 Å². The summed E-state index contributed by atoms with van der Waals surface area (Å²) in [6.07, 6.45) is 0. The monoisotopic (exact) mass is 297 g/mol. The number of hydrogen-bond donors (Lipinski definition) is 1. The second kappa shape index (κ2) is 6.38. The molecule has 0 amide bonds. The van der Waals surface area contributed by atoms with Gasteiger partial charge in [-0.2, -0.15) is 0 Å². The van der Waals surface area contributed by atoms with E-state index in [2.05, 4.69) is 5.32 Å². The third-order valence-corrected chi connectivity index (χ3v) is 3.43. The Hall–Kier alpha value is -1.09. The lowest BCUT2D eigenvalue weighted by Gasteiger charge is -2.15. The quantitative estimate of drug-likeness (QED) is 0.839. The maximum Gasteiger partial charge on any atom is 0.129 e. The van der Waals surface area contributed by atoms with Crippen LogP contribution in [0.15, 0.2) is 42.5 Å². The molecule has 0 saturated carbocycles. The second-order valence-electron chi connectivity index (χ2n) is 4.39. The van der Waals surface area contributed by atoms with Crippen LogP contribution in [-0.2, 0) is 6.54 Å². The highest BCUT2D eigenvalue weighted by molar-refractivity contribution is 6.30. The Kier molecular flexibility index (Phi) is 4.81. The van der Waals surface area contributed by atoms with Crippen molar-refractivity contribution in [3.63, 3.8) is 0 Å². The van der Waals surface area contributed by atoms with Crippen molar-refractivity contribution in [1.82, 2.24) is 5.32 Å². The average Bonchev–Trinajstić information content (AvgIpc) is 2.37. The van der Waals surface area contributed by atoms with Gasteiger partial charge < -0.3 is 5.32 Å². The highest BCUT2D eigenvalue weighted by atomic mass is 35.5. The van der Waals surface area contributed by atoms with Gasteiger partial charge in [0.2, 0.25) is 0 Å². The fourth-order valence-corrected chi connectivity index (χ4v) is 2.18. The Bertz CT molecular complexity index is 572. The minimum Gasteiger partial charge on any atom is -0.306 e. The van der Waals surface area contributed by atoms with Crippen molar-refractivity contribution in [3.05, 3.63) is 69.5 Å². The summed E-state index contributed by atoms with van der Waals surface area (Å²) in [4.78, 5) is 0. The van der Waals surface area contributed by atoms with Crippen LogP contribution in [-0.4, -0.2) is 0 Å². The van der Waals surface area contributed by atoms with Crippen LogP contribution in [0.3, 0.4) is 0 Å². The van der Waals surface area contributed by atoms with Crippen molar-refractivity contribution in [3.8, 4) is 0 Å². The lowest BCUT2D eigenvalue weighted by molar-refractivity contribution is 0.544. The van der Waals surface area contributed by atoms with Gasteiger partial charge in [0.05, 0.1) is 0 Å². The maximum absolute atomic E-state index is 13.6. The van der Waals surface area contributed by atoms with Gasteiger partial charge in [-0.3, -0.25) is 0 Å². The van der Waals surface area contributed by atoms with Gasteiger partial charge in [0.1, 0.15) is 5.82 Å². The van der Waals surface area contributed by atoms with Gasteiger partial charge in [0, 0.05) is 28.2 Å². The predicted octanol–water partition coefficient (Wildman–Crippen LogP) is 4.98. The number of benzene rings is 2. The minimum atomic E-state index is -0.293. The molecule has 0 bridgehead atoms. The van der Waals surface area contributed by atoms with E-state index in [1.54, 1.807) is 12.1 Å². The number of halogens is 3. The molecule has 0 aliphatic heterocycles. The molecule has 1 nitrogen and oxygen atoms in total. The standard InChI is InChI=1S/C15H14Cl2FN/c1-10(11-3-2-4-13(16)7-11)19-9-12-5-6-14(17)8-15(12)18/h2-8,10,19H,9H2,1H3/t10-/m0/s1. The fourth-order valence-electron chi connectivity index (χ4n) is 1.82. The van der Waals surface area contributed by atoms with E-state index in [-0.39, 0.29) is 11.9 Å². The average molecular weight is 298 g/mol. The number of nitrogens with one attached hydrogen (secondary N) is 1. The molecule has 19 heavy (non-hydrogen) atoms. The predicted molar refractivity (Wildman–Crippen MR) is 78.1 cm³/mol. The molecule has 1 atom stereocenters. The Morgan fingerprint density at radius 1 is 1.11 bits per heavy atom. The van der Waals surface area contributed by atoms with Crippen molar-refractivity contribution in [2.75, 3.05) is 0 Å². The lowest BCUT2D eigenvalue weighted by Crippen LogP contribution is -2.18. The summed E-state index contributed by atoms with van der Waals surface area (Å²) in [5, 5.41) is 4.37. The maximum atomic E-state index is 13.6. The zero-order valence-corrected chi connectivity index (χ0v) is 12.0. The molecule has 4 heteroatoms. The van der Waals surface area contributed by atoms with Crippen LogP contribution in [0.1, 0.15) is 24.1 Å². The Labute approximate surface area is 122 Å². The summed E-state index contributed by atoms with van der Waals surface area (Å²) >= 11 is 11.7.